The van der Waals surface area contributed by atoms with E-state index in [2.05, 4.69) is 29.6 Å². The van der Waals surface area contributed by atoms with E-state index in [4.69, 9.17) is 5.73 Å². The molecule has 0 saturated heterocycles. The van der Waals surface area contributed by atoms with Crippen LogP contribution in [-0.4, -0.2) is 11.9 Å². The number of rotatable bonds is 4. The highest BCUT2D eigenvalue weighted by molar-refractivity contribution is 5.79. The second kappa shape index (κ2) is 5.96. The second-order valence-corrected chi connectivity index (χ2v) is 6.35. The number of hydrogen-bond acceptors (Lipinski definition) is 2. The molecule has 3 N–H and O–H groups in total. The van der Waals surface area contributed by atoms with Crippen molar-refractivity contribution in [2.24, 2.45) is 17.6 Å². The second-order valence-electron chi connectivity index (χ2n) is 6.35. The van der Waals surface area contributed by atoms with Crippen LogP contribution < -0.4 is 11.1 Å². The smallest absolute Gasteiger partial charge is 0.223 e. The first kappa shape index (κ1) is 13.6. The standard InChI is InChI=1S/C17H24N2O/c18-15-10-8-14(9-11-15)17(20)19-16(13-6-7-13)12-4-2-1-3-5-12/h1-5,13-16H,6-11,18H2,(H,19,20). The predicted octanol–water partition coefficient (Wildman–Crippen LogP) is 2.77. The van der Waals surface area contributed by atoms with Crippen molar-refractivity contribution in [3.63, 3.8) is 0 Å². The van der Waals surface area contributed by atoms with Gasteiger partial charge < -0.3 is 11.1 Å². The van der Waals surface area contributed by atoms with Gasteiger partial charge in [0.2, 0.25) is 5.91 Å². The van der Waals surface area contributed by atoms with Crippen molar-refractivity contribution in [2.75, 3.05) is 0 Å². The summed E-state index contributed by atoms with van der Waals surface area (Å²) >= 11 is 0. The summed E-state index contributed by atoms with van der Waals surface area (Å²) in [6.07, 6.45) is 6.32. The largest absolute Gasteiger partial charge is 0.349 e. The Morgan fingerprint density at radius 2 is 1.70 bits per heavy atom. The molecule has 3 nitrogen and oxygen atoms in total. The molecule has 3 rings (SSSR count). The fraction of sp³-hybridized carbons (Fsp3) is 0.588. The van der Waals surface area contributed by atoms with Crippen molar-refractivity contribution in [3.05, 3.63) is 35.9 Å². The fourth-order valence-corrected chi connectivity index (χ4v) is 3.22. The van der Waals surface area contributed by atoms with Crippen LogP contribution in [-0.2, 0) is 4.79 Å². The summed E-state index contributed by atoms with van der Waals surface area (Å²) < 4.78 is 0. The number of benzene rings is 1. The summed E-state index contributed by atoms with van der Waals surface area (Å²) in [5.41, 5.74) is 7.16. The molecule has 108 valence electrons. The Morgan fingerprint density at radius 3 is 2.30 bits per heavy atom. The first-order chi connectivity index (χ1) is 9.74. The number of nitrogens with two attached hydrogens (primary N) is 1. The van der Waals surface area contributed by atoms with Crippen LogP contribution >= 0.6 is 0 Å². The monoisotopic (exact) mass is 272 g/mol. The van der Waals surface area contributed by atoms with Crippen LogP contribution in [0.5, 0.6) is 0 Å². The van der Waals surface area contributed by atoms with Gasteiger partial charge in [0.1, 0.15) is 0 Å². The molecule has 2 fully saturated rings. The normalized spacial score (nSPS) is 27.9. The van der Waals surface area contributed by atoms with Crippen LogP contribution in [0.4, 0.5) is 0 Å². The summed E-state index contributed by atoms with van der Waals surface area (Å²) in [6.45, 7) is 0. The molecular formula is C17H24N2O. The molecule has 2 saturated carbocycles. The van der Waals surface area contributed by atoms with E-state index in [9.17, 15) is 4.79 Å². The van der Waals surface area contributed by atoms with E-state index >= 15 is 0 Å². The highest BCUT2D eigenvalue weighted by Gasteiger charge is 2.35. The van der Waals surface area contributed by atoms with Crippen LogP contribution in [0.1, 0.15) is 50.1 Å². The van der Waals surface area contributed by atoms with Crippen molar-refractivity contribution in [2.45, 2.75) is 50.6 Å². The average Bonchev–Trinajstić information content (AvgIpc) is 3.31. The minimum Gasteiger partial charge on any atom is -0.349 e. The van der Waals surface area contributed by atoms with Crippen molar-refractivity contribution in [3.8, 4) is 0 Å². The SMILES string of the molecule is NC1CCC(C(=O)NC(c2ccccc2)C2CC2)CC1. The zero-order chi connectivity index (χ0) is 13.9. The number of hydrogen-bond donors (Lipinski definition) is 2. The zero-order valence-corrected chi connectivity index (χ0v) is 11.9. The summed E-state index contributed by atoms with van der Waals surface area (Å²) in [6, 6.07) is 10.9. The average molecular weight is 272 g/mol. The molecule has 1 unspecified atom stereocenters. The quantitative estimate of drug-likeness (QED) is 0.885. The van der Waals surface area contributed by atoms with Gasteiger partial charge in [0.05, 0.1) is 6.04 Å². The van der Waals surface area contributed by atoms with Gasteiger partial charge in [-0.15, -0.1) is 0 Å². The van der Waals surface area contributed by atoms with Gasteiger partial charge in [-0.05, 0) is 50.0 Å². The third kappa shape index (κ3) is 3.21. The van der Waals surface area contributed by atoms with E-state index in [1.165, 1.54) is 18.4 Å². The van der Waals surface area contributed by atoms with E-state index in [0.29, 0.717) is 12.0 Å². The molecule has 1 amide bonds. The molecule has 0 heterocycles. The molecule has 1 atom stereocenters. The van der Waals surface area contributed by atoms with Crippen LogP contribution in [0.15, 0.2) is 30.3 Å². The molecule has 2 aliphatic rings. The van der Waals surface area contributed by atoms with Gasteiger partial charge in [0, 0.05) is 12.0 Å². The summed E-state index contributed by atoms with van der Waals surface area (Å²) in [4.78, 5) is 12.5. The van der Waals surface area contributed by atoms with Gasteiger partial charge in [-0.2, -0.15) is 0 Å². The first-order valence-electron chi connectivity index (χ1n) is 7.85. The number of nitrogens with one attached hydrogen (secondary N) is 1. The fourth-order valence-electron chi connectivity index (χ4n) is 3.22. The van der Waals surface area contributed by atoms with E-state index in [1.54, 1.807) is 0 Å². The Bertz CT molecular complexity index is 447. The third-order valence-electron chi connectivity index (χ3n) is 4.69. The van der Waals surface area contributed by atoms with E-state index in [1.807, 2.05) is 6.07 Å². The predicted molar refractivity (Wildman–Crippen MR) is 80.0 cm³/mol. The molecule has 1 aromatic carbocycles. The highest BCUT2D eigenvalue weighted by Crippen LogP contribution is 2.41. The molecule has 1 aromatic rings. The van der Waals surface area contributed by atoms with Crippen molar-refractivity contribution >= 4 is 5.91 Å². The van der Waals surface area contributed by atoms with Gasteiger partial charge in [-0.1, -0.05) is 30.3 Å². The van der Waals surface area contributed by atoms with Gasteiger partial charge in [0.25, 0.3) is 0 Å². The highest BCUT2D eigenvalue weighted by atomic mass is 16.1. The van der Waals surface area contributed by atoms with Crippen molar-refractivity contribution < 1.29 is 4.79 Å². The van der Waals surface area contributed by atoms with Crippen LogP contribution in [0.2, 0.25) is 0 Å². The van der Waals surface area contributed by atoms with E-state index < -0.39 is 0 Å². The zero-order valence-electron chi connectivity index (χ0n) is 11.9. The van der Waals surface area contributed by atoms with Gasteiger partial charge >= 0.3 is 0 Å². The van der Waals surface area contributed by atoms with Crippen molar-refractivity contribution in [1.82, 2.24) is 5.32 Å². The van der Waals surface area contributed by atoms with Crippen LogP contribution in [0.25, 0.3) is 0 Å². The molecule has 0 aromatic heterocycles. The first-order valence-corrected chi connectivity index (χ1v) is 7.85. The van der Waals surface area contributed by atoms with E-state index in [-0.39, 0.29) is 17.9 Å². The molecule has 2 aliphatic carbocycles. The Morgan fingerprint density at radius 1 is 1.05 bits per heavy atom. The lowest BCUT2D eigenvalue weighted by molar-refractivity contribution is -0.127. The lowest BCUT2D eigenvalue weighted by Gasteiger charge is -2.27. The number of carbonyl (C=O) groups excluding carboxylic acids is 1. The van der Waals surface area contributed by atoms with Crippen molar-refractivity contribution in [1.29, 1.82) is 0 Å². The molecular weight excluding hydrogens is 248 g/mol. The molecule has 0 radical (unpaired) electrons. The molecule has 3 heteroatoms. The Labute approximate surface area is 120 Å². The summed E-state index contributed by atoms with van der Waals surface area (Å²) in [5.74, 6) is 1.03. The van der Waals surface area contributed by atoms with Gasteiger partial charge in [-0.25, -0.2) is 0 Å². The minimum absolute atomic E-state index is 0.166. The molecule has 20 heavy (non-hydrogen) atoms. The summed E-state index contributed by atoms with van der Waals surface area (Å²) in [5, 5.41) is 3.30. The topological polar surface area (TPSA) is 55.1 Å². The third-order valence-corrected chi connectivity index (χ3v) is 4.69. The maximum Gasteiger partial charge on any atom is 0.223 e. The Kier molecular flexibility index (Phi) is 4.06. The molecule has 0 aliphatic heterocycles. The summed E-state index contributed by atoms with van der Waals surface area (Å²) in [7, 11) is 0. The maximum atomic E-state index is 12.5. The Balaban J connectivity index is 1.63. The lowest BCUT2D eigenvalue weighted by atomic mass is 9.85. The van der Waals surface area contributed by atoms with Gasteiger partial charge in [-0.3, -0.25) is 4.79 Å². The molecule has 0 bridgehead atoms. The number of carbonyl (C=O) groups is 1. The number of amides is 1. The van der Waals surface area contributed by atoms with Crippen LogP contribution in [0.3, 0.4) is 0 Å². The molecule has 0 spiro atoms. The maximum absolute atomic E-state index is 12.5. The lowest BCUT2D eigenvalue weighted by Crippen LogP contribution is -2.38. The Hall–Kier alpha value is -1.35. The van der Waals surface area contributed by atoms with Crippen LogP contribution in [0, 0.1) is 11.8 Å². The minimum atomic E-state index is 0.166. The van der Waals surface area contributed by atoms with Gasteiger partial charge in [0.15, 0.2) is 0 Å². The van der Waals surface area contributed by atoms with E-state index in [0.717, 1.165) is 25.7 Å².